The number of nitrogens with one attached hydrogen (secondary N) is 1. The zero-order valence-corrected chi connectivity index (χ0v) is 15.7. The fraction of sp³-hybridized carbons (Fsp3) is 0.562. The lowest BCUT2D eigenvalue weighted by molar-refractivity contribution is -0.135. The van der Waals surface area contributed by atoms with E-state index in [1.54, 1.807) is 23.1 Å². The number of para-hydroxylation sites is 1. The van der Waals surface area contributed by atoms with Crippen molar-refractivity contribution < 1.29 is 9.53 Å². The number of halogens is 3. The first kappa shape index (κ1) is 20.4. The number of hydrogen-bond donors (Lipinski definition) is 1. The summed E-state index contributed by atoms with van der Waals surface area (Å²) in [5.41, 5.74) is 0. The van der Waals surface area contributed by atoms with Crippen LogP contribution >= 0.6 is 35.6 Å². The van der Waals surface area contributed by atoms with E-state index in [9.17, 15) is 4.79 Å². The van der Waals surface area contributed by atoms with Crippen LogP contribution in [0.4, 0.5) is 0 Å². The lowest BCUT2D eigenvalue weighted by Gasteiger charge is -2.37. The van der Waals surface area contributed by atoms with E-state index >= 15 is 0 Å². The number of likely N-dealkylation sites (N-methyl/N-ethyl adjacent to an activating group) is 2. The smallest absolute Gasteiger partial charge is 0.260 e. The fourth-order valence-electron chi connectivity index (χ4n) is 2.95. The standard InChI is InChI=1S/C16H22Cl2N2O2.ClH/c1-19-13-8-3-4-9-14(13)20(2)15(21)10-22-16-11(17)6-5-7-12(16)18;/h5-7,13-14,19H,3-4,8-10H2,1-2H3;1H/t13-,14-;/m1./s1. The molecule has 2 atom stereocenters. The van der Waals surface area contributed by atoms with Crippen molar-refractivity contribution in [1.82, 2.24) is 10.2 Å². The molecule has 1 aliphatic rings. The van der Waals surface area contributed by atoms with Crippen molar-refractivity contribution in [3.63, 3.8) is 0 Å². The van der Waals surface area contributed by atoms with E-state index < -0.39 is 0 Å². The molecule has 0 unspecified atom stereocenters. The maximum absolute atomic E-state index is 12.4. The molecule has 1 amide bonds. The number of rotatable bonds is 5. The molecule has 1 fully saturated rings. The predicted molar refractivity (Wildman–Crippen MR) is 97.1 cm³/mol. The quantitative estimate of drug-likeness (QED) is 0.844. The highest BCUT2D eigenvalue weighted by Crippen LogP contribution is 2.32. The van der Waals surface area contributed by atoms with Gasteiger partial charge in [0.25, 0.3) is 5.91 Å². The molecule has 130 valence electrons. The SMILES string of the molecule is CN[C@@H]1CCCC[C@H]1N(C)C(=O)COc1c(Cl)cccc1Cl.Cl. The number of hydrogen-bond acceptors (Lipinski definition) is 3. The molecule has 0 bridgehead atoms. The second kappa shape index (κ2) is 9.58. The van der Waals surface area contributed by atoms with Crippen LogP contribution in [0.2, 0.25) is 10.0 Å². The summed E-state index contributed by atoms with van der Waals surface area (Å²) >= 11 is 12.1. The minimum atomic E-state index is -0.0665. The summed E-state index contributed by atoms with van der Waals surface area (Å²) in [6.07, 6.45) is 4.46. The normalized spacial score (nSPS) is 20.5. The molecule has 1 aliphatic carbocycles. The first-order chi connectivity index (χ1) is 10.5. The van der Waals surface area contributed by atoms with Gasteiger partial charge >= 0.3 is 0 Å². The number of ether oxygens (including phenoxy) is 1. The number of nitrogens with zero attached hydrogens (tertiary/aromatic N) is 1. The minimum Gasteiger partial charge on any atom is -0.481 e. The first-order valence-electron chi connectivity index (χ1n) is 7.54. The third kappa shape index (κ3) is 5.15. The average molecular weight is 382 g/mol. The van der Waals surface area contributed by atoms with Gasteiger partial charge in [0.15, 0.2) is 12.4 Å². The van der Waals surface area contributed by atoms with Gasteiger partial charge in [-0.3, -0.25) is 4.79 Å². The van der Waals surface area contributed by atoms with Crippen LogP contribution in [0.5, 0.6) is 5.75 Å². The van der Waals surface area contributed by atoms with E-state index in [-0.39, 0.29) is 31.0 Å². The van der Waals surface area contributed by atoms with Crippen LogP contribution in [0.25, 0.3) is 0 Å². The lowest BCUT2D eigenvalue weighted by atomic mass is 9.89. The maximum Gasteiger partial charge on any atom is 0.260 e. The average Bonchev–Trinajstić information content (AvgIpc) is 2.53. The Morgan fingerprint density at radius 3 is 2.52 bits per heavy atom. The van der Waals surface area contributed by atoms with Gasteiger partial charge in [0.2, 0.25) is 0 Å². The lowest BCUT2D eigenvalue weighted by Crippen LogP contribution is -2.52. The Hall–Kier alpha value is -0.680. The largest absolute Gasteiger partial charge is 0.481 e. The topological polar surface area (TPSA) is 41.6 Å². The van der Waals surface area contributed by atoms with Crippen LogP contribution in [-0.4, -0.2) is 43.6 Å². The molecule has 1 aromatic carbocycles. The van der Waals surface area contributed by atoms with Gasteiger partial charge in [0.1, 0.15) is 0 Å². The first-order valence-corrected chi connectivity index (χ1v) is 8.30. The molecule has 0 spiro atoms. The zero-order valence-electron chi connectivity index (χ0n) is 13.4. The Labute approximate surface area is 153 Å². The third-order valence-corrected chi connectivity index (χ3v) is 4.85. The van der Waals surface area contributed by atoms with E-state index in [0.717, 1.165) is 19.3 Å². The van der Waals surface area contributed by atoms with Crippen molar-refractivity contribution in [3.8, 4) is 5.75 Å². The highest BCUT2D eigenvalue weighted by atomic mass is 35.5. The molecule has 2 rings (SSSR count). The molecule has 1 N–H and O–H groups in total. The summed E-state index contributed by atoms with van der Waals surface area (Å²) < 4.78 is 5.53. The fourth-order valence-corrected chi connectivity index (χ4v) is 3.46. The summed E-state index contributed by atoms with van der Waals surface area (Å²) in [7, 11) is 3.78. The van der Waals surface area contributed by atoms with Crippen LogP contribution < -0.4 is 10.1 Å². The Morgan fingerprint density at radius 2 is 1.91 bits per heavy atom. The Morgan fingerprint density at radius 1 is 1.30 bits per heavy atom. The van der Waals surface area contributed by atoms with Gasteiger partial charge in [-0.05, 0) is 32.0 Å². The monoisotopic (exact) mass is 380 g/mol. The van der Waals surface area contributed by atoms with Gasteiger partial charge < -0.3 is 15.0 Å². The molecule has 23 heavy (non-hydrogen) atoms. The highest BCUT2D eigenvalue weighted by Gasteiger charge is 2.29. The van der Waals surface area contributed by atoms with Crippen LogP contribution in [0.15, 0.2) is 18.2 Å². The van der Waals surface area contributed by atoms with E-state index in [1.165, 1.54) is 6.42 Å². The van der Waals surface area contributed by atoms with Crippen LogP contribution in [0.3, 0.4) is 0 Å². The van der Waals surface area contributed by atoms with Gasteiger partial charge in [-0.15, -0.1) is 12.4 Å². The zero-order chi connectivity index (χ0) is 16.1. The van der Waals surface area contributed by atoms with Crippen molar-refractivity contribution in [1.29, 1.82) is 0 Å². The van der Waals surface area contributed by atoms with Crippen LogP contribution in [0.1, 0.15) is 25.7 Å². The van der Waals surface area contributed by atoms with Crippen molar-refractivity contribution >= 4 is 41.5 Å². The predicted octanol–water partition coefficient (Wildman–Crippen LogP) is 3.78. The van der Waals surface area contributed by atoms with Gasteiger partial charge in [-0.2, -0.15) is 0 Å². The van der Waals surface area contributed by atoms with E-state index in [4.69, 9.17) is 27.9 Å². The van der Waals surface area contributed by atoms with Crippen LogP contribution in [-0.2, 0) is 4.79 Å². The van der Waals surface area contributed by atoms with Gasteiger partial charge in [-0.1, -0.05) is 42.1 Å². The van der Waals surface area contributed by atoms with Gasteiger partial charge in [0.05, 0.1) is 10.0 Å². The molecule has 0 heterocycles. The Kier molecular flexibility index (Phi) is 8.48. The highest BCUT2D eigenvalue weighted by molar-refractivity contribution is 6.37. The minimum absolute atomic E-state index is 0. The van der Waals surface area contributed by atoms with Crippen molar-refractivity contribution in [2.24, 2.45) is 0 Å². The Bertz CT molecular complexity index is 508. The molecule has 0 radical (unpaired) electrons. The second-order valence-electron chi connectivity index (χ2n) is 5.59. The molecule has 0 aromatic heterocycles. The molecule has 0 saturated heterocycles. The summed E-state index contributed by atoms with van der Waals surface area (Å²) in [5.74, 6) is 0.296. The molecule has 1 saturated carbocycles. The van der Waals surface area contributed by atoms with E-state index in [0.29, 0.717) is 21.8 Å². The summed E-state index contributed by atoms with van der Waals surface area (Å²) in [5, 5.41) is 4.13. The summed E-state index contributed by atoms with van der Waals surface area (Å²) in [6.45, 7) is -0.0626. The molecule has 4 nitrogen and oxygen atoms in total. The molecule has 7 heteroatoms. The maximum atomic E-state index is 12.4. The van der Waals surface area contributed by atoms with Crippen LogP contribution in [0, 0.1) is 0 Å². The van der Waals surface area contributed by atoms with E-state index in [2.05, 4.69) is 5.32 Å². The second-order valence-corrected chi connectivity index (χ2v) is 6.41. The van der Waals surface area contributed by atoms with Crippen molar-refractivity contribution in [3.05, 3.63) is 28.2 Å². The van der Waals surface area contributed by atoms with Crippen molar-refractivity contribution in [2.75, 3.05) is 20.7 Å². The number of benzene rings is 1. The molecular formula is C16H23Cl3N2O2. The molecular weight excluding hydrogens is 359 g/mol. The Balaban J connectivity index is 0.00000264. The van der Waals surface area contributed by atoms with Gasteiger partial charge in [-0.25, -0.2) is 0 Å². The molecule has 1 aromatic rings. The summed E-state index contributed by atoms with van der Waals surface area (Å²) in [4.78, 5) is 14.2. The number of carbonyl (C=O) groups is 1. The van der Waals surface area contributed by atoms with Crippen molar-refractivity contribution in [2.45, 2.75) is 37.8 Å². The third-order valence-electron chi connectivity index (χ3n) is 4.25. The number of amides is 1. The number of carbonyl (C=O) groups excluding carboxylic acids is 1. The summed E-state index contributed by atoms with van der Waals surface area (Å²) in [6, 6.07) is 5.66. The molecule has 0 aliphatic heterocycles. The van der Waals surface area contributed by atoms with Gasteiger partial charge in [0, 0.05) is 19.1 Å². The van der Waals surface area contributed by atoms with E-state index in [1.807, 2.05) is 14.1 Å².